The lowest BCUT2D eigenvalue weighted by atomic mass is 10.2. The van der Waals surface area contributed by atoms with Gasteiger partial charge >= 0.3 is 0 Å². The molecule has 0 aliphatic rings. The van der Waals surface area contributed by atoms with Crippen LogP contribution in [0.1, 0.15) is 5.56 Å². The minimum atomic E-state index is -3.74. The van der Waals surface area contributed by atoms with Crippen LogP contribution in [0.5, 0.6) is 0 Å². The number of hydrogen-bond donors (Lipinski definition) is 3. The largest absolute Gasteiger partial charge is 0.389 e. The Morgan fingerprint density at radius 1 is 1.17 bits per heavy atom. The van der Waals surface area contributed by atoms with E-state index in [4.69, 9.17) is 29.6 Å². The molecule has 0 fully saturated rings. The van der Waals surface area contributed by atoms with E-state index in [1.54, 1.807) is 30.5 Å². The molecule has 1 heterocycles. The molecule has 8 heteroatoms. The van der Waals surface area contributed by atoms with Gasteiger partial charge in [0, 0.05) is 17.1 Å². The van der Waals surface area contributed by atoms with Crippen LogP contribution in [-0.4, -0.2) is 18.4 Å². The van der Waals surface area contributed by atoms with Crippen molar-refractivity contribution in [3.8, 4) is 0 Å². The van der Waals surface area contributed by atoms with Gasteiger partial charge < -0.3 is 10.7 Å². The third kappa shape index (κ3) is 3.03. The van der Waals surface area contributed by atoms with Crippen LogP contribution < -0.4 is 10.5 Å². The van der Waals surface area contributed by atoms with Crippen molar-refractivity contribution >= 4 is 55.4 Å². The van der Waals surface area contributed by atoms with E-state index in [2.05, 4.69) is 9.71 Å². The van der Waals surface area contributed by atoms with Gasteiger partial charge in [0.25, 0.3) is 10.0 Å². The Balaban J connectivity index is 1.98. The van der Waals surface area contributed by atoms with Gasteiger partial charge in [-0.1, -0.05) is 48.1 Å². The SMILES string of the molecule is NC(=S)c1ccc(S(=O)(=O)Nc2cccc3c(Cl)c[nH]c23)cc1. The molecule has 0 unspecified atom stereocenters. The molecule has 4 N–H and O–H groups in total. The molecule has 0 radical (unpaired) electrons. The lowest BCUT2D eigenvalue weighted by Gasteiger charge is -2.09. The fraction of sp³-hybridized carbons (Fsp3) is 0. The zero-order valence-corrected chi connectivity index (χ0v) is 14.1. The number of thiocarbonyl (C=S) groups is 1. The molecule has 0 saturated heterocycles. The lowest BCUT2D eigenvalue weighted by Crippen LogP contribution is -2.14. The molecule has 3 rings (SSSR count). The van der Waals surface area contributed by atoms with Crippen molar-refractivity contribution in [1.29, 1.82) is 0 Å². The van der Waals surface area contributed by atoms with Crippen molar-refractivity contribution in [3.63, 3.8) is 0 Å². The molecule has 0 saturated carbocycles. The maximum atomic E-state index is 12.5. The maximum Gasteiger partial charge on any atom is 0.261 e. The Hall–Kier alpha value is -2.09. The third-order valence-corrected chi connectivity index (χ3v) is 5.29. The predicted molar refractivity (Wildman–Crippen MR) is 96.4 cm³/mol. The van der Waals surface area contributed by atoms with Gasteiger partial charge in [0.05, 0.1) is 21.1 Å². The molecule has 0 atom stereocenters. The summed E-state index contributed by atoms with van der Waals surface area (Å²) in [7, 11) is -3.74. The number of H-pyrrole nitrogens is 1. The smallest absolute Gasteiger partial charge is 0.261 e. The number of hydrogen-bond acceptors (Lipinski definition) is 3. The Morgan fingerprint density at radius 2 is 1.87 bits per heavy atom. The number of nitrogens with one attached hydrogen (secondary N) is 2. The molecule has 0 aliphatic heterocycles. The molecule has 5 nitrogen and oxygen atoms in total. The Labute approximate surface area is 143 Å². The van der Waals surface area contributed by atoms with E-state index in [0.29, 0.717) is 21.8 Å². The number of anilines is 1. The van der Waals surface area contributed by atoms with E-state index in [9.17, 15) is 8.42 Å². The number of aromatic amines is 1. The van der Waals surface area contributed by atoms with E-state index >= 15 is 0 Å². The molecule has 0 bridgehead atoms. The first-order chi connectivity index (χ1) is 10.9. The van der Waals surface area contributed by atoms with Gasteiger partial charge in [-0.2, -0.15) is 0 Å². The summed E-state index contributed by atoms with van der Waals surface area (Å²) in [6, 6.07) is 11.3. The molecule has 118 valence electrons. The zero-order valence-electron chi connectivity index (χ0n) is 11.7. The minimum absolute atomic E-state index is 0.118. The standard InChI is InChI=1S/C15H12ClN3O2S2/c16-12-8-18-14-11(12)2-1-3-13(14)19-23(20,21)10-6-4-9(5-7-10)15(17)22/h1-8,18-19H,(H2,17,22). The van der Waals surface area contributed by atoms with Crippen molar-refractivity contribution < 1.29 is 8.42 Å². The van der Waals surface area contributed by atoms with Crippen LogP contribution in [0.2, 0.25) is 5.02 Å². The summed E-state index contributed by atoms with van der Waals surface area (Å²) in [6.45, 7) is 0. The van der Waals surface area contributed by atoms with E-state index < -0.39 is 10.0 Å². The van der Waals surface area contributed by atoms with Gasteiger partial charge in [0.1, 0.15) is 4.99 Å². The van der Waals surface area contributed by atoms with Crippen LogP contribution in [0.25, 0.3) is 10.9 Å². The molecule has 2 aromatic carbocycles. The van der Waals surface area contributed by atoms with Gasteiger partial charge in [-0.05, 0) is 18.2 Å². The molecule has 0 spiro atoms. The zero-order chi connectivity index (χ0) is 16.6. The van der Waals surface area contributed by atoms with E-state index in [-0.39, 0.29) is 9.88 Å². The van der Waals surface area contributed by atoms with Crippen LogP contribution in [0, 0.1) is 0 Å². The van der Waals surface area contributed by atoms with Gasteiger partial charge in [0.15, 0.2) is 0 Å². The maximum absolute atomic E-state index is 12.5. The average molecular weight is 366 g/mol. The summed E-state index contributed by atoms with van der Waals surface area (Å²) in [5, 5.41) is 1.28. The second-order valence-electron chi connectivity index (χ2n) is 4.86. The highest BCUT2D eigenvalue weighted by Gasteiger charge is 2.16. The van der Waals surface area contributed by atoms with Gasteiger partial charge in [0.2, 0.25) is 0 Å². The van der Waals surface area contributed by atoms with Gasteiger partial charge in [-0.3, -0.25) is 4.72 Å². The number of fused-ring (bicyclic) bond motifs is 1. The fourth-order valence-electron chi connectivity index (χ4n) is 2.21. The Bertz CT molecular complexity index is 995. The molecule has 1 aromatic heterocycles. The summed E-state index contributed by atoms with van der Waals surface area (Å²) in [4.78, 5) is 3.30. The van der Waals surface area contributed by atoms with Gasteiger partial charge in [-0.25, -0.2) is 8.42 Å². The number of rotatable bonds is 4. The molecular formula is C15H12ClN3O2S2. The number of halogens is 1. The quantitative estimate of drug-likeness (QED) is 0.619. The van der Waals surface area contributed by atoms with Crippen LogP contribution in [0.3, 0.4) is 0 Å². The van der Waals surface area contributed by atoms with Crippen molar-refractivity contribution in [2.45, 2.75) is 4.90 Å². The highest BCUT2D eigenvalue weighted by Crippen LogP contribution is 2.29. The third-order valence-electron chi connectivity index (χ3n) is 3.36. The predicted octanol–water partition coefficient (Wildman–Crippen LogP) is 3.26. The molecule has 3 aromatic rings. The minimum Gasteiger partial charge on any atom is -0.389 e. The highest BCUT2D eigenvalue weighted by molar-refractivity contribution is 7.92. The second kappa shape index (κ2) is 5.84. The van der Waals surface area contributed by atoms with Crippen LogP contribution in [0.15, 0.2) is 53.6 Å². The van der Waals surface area contributed by atoms with Crippen molar-refractivity contribution in [2.75, 3.05) is 4.72 Å². The number of para-hydroxylation sites is 1. The molecule has 0 amide bonds. The number of nitrogens with two attached hydrogens (primary N) is 1. The van der Waals surface area contributed by atoms with Crippen molar-refractivity contribution in [2.24, 2.45) is 5.73 Å². The van der Waals surface area contributed by atoms with E-state index in [1.165, 1.54) is 12.1 Å². The summed E-state index contributed by atoms with van der Waals surface area (Å²) in [6.07, 6.45) is 1.61. The molecule has 23 heavy (non-hydrogen) atoms. The summed E-state index contributed by atoms with van der Waals surface area (Å²) in [5.41, 5.74) is 7.17. The normalized spacial score (nSPS) is 11.5. The highest BCUT2D eigenvalue weighted by atomic mass is 35.5. The molecular weight excluding hydrogens is 354 g/mol. The lowest BCUT2D eigenvalue weighted by molar-refractivity contribution is 0.601. The Kier molecular flexibility index (Phi) is 4.01. The van der Waals surface area contributed by atoms with Crippen LogP contribution in [-0.2, 0) is 10.0 Å². The summed E-state index contributed by atoms with van der Waals surface area (Å²) < 4.78 is 27.6. The average Bonchev–Trinajstić information content (AvgIpc) is 2.90. The fourth-order valence-corrected chi connectivity index (χ4v) is 3.63. The Morgan fingerprint density at radius 3 is 2.52 bits per heavy atom. The summed E-state index contributed by atoms with van der Waals surface area (Å²) in [5.74, 6) is 0. The van der Waals surface area contributed by atoms with E-state index in [0.717, 1.165) is 5.39 Å². The van der Waals surface area contributed by atoms with Crippen molar-refractivity contribution in [1.82, 2.24) is 4.98 Å². The number of benzene rings is 2. The topological polar surface area (TPSA) is 88.0 Å². The van der Waals surface area contributed by atoms with Crippen molar-refractivity contribution in [3.05, 3.63) is 59.2 Å². The van der Waals surface area contributed by atoms with Crippen LogP contribution in [0.4, 0.5) is 5.69 Å². The number of aromatic nitrogens is 1. The first-order valence-electron chi connectivity index (χ1n) is 6.57. The van der Waals surface area contributed by atoms with Gasteiger partial charge in [-0.15, -0.1) is 0 Å². The van der Waals surface area contributed by atoms with E-state index in [1.807, 2.05) is 6.07 Å². The first-order valence-corrected chi connectivity index (χ1v) is 8.84. The molecule has 0 aliphatic carbocycles. The summed E-state index contributed by atoms with van der Waals surface area (Å²) >= 11 is 10.9. The monoisotopic (exact) mass is 365 g/mol. The van der Waals surface area contributed by atoms with Crippen LogP contribution >= 0.6 is 23.8 Å². The number of sulfonamides is 1. The second-order valence-corrected chi connectivity index (χ2v) is 7.39. The first kappa shape index (κ1) is 15.8.